The van der Waals surface area contributed by atoms with Crippen molar-refractivity contribution in [3.8, 4) is 5.75 Å². The molecule has 0 spiro atoms. The lowest BCUT2D eigenvalue weighted by molar-refractivity contribution is 0.0925. The number of methoxy groups -OCH3 is 2. The molecule has 0 N–H and O–H groups in total. The van der Waals surface area contributed by atoms with Gasteiger partial charge >= 0.3 is 0 Å². The van der Waals surface area contributed by atoms with Gasteiger partial charge in [0, 0.05) is 44.4 Å². The number of nitrogens with zero attached hydrogens (tertiary/aromatic N) is 2. The van der Waals surface area contributed by atoms with Crippen LogP contribution in [0.2, 0.25) is 5.02 Å². The lowest BCUT2D eigenvalue weighted by atomic mass is 10.1. The molecular weight excluding hydrogens is 364 g/mol. The third kappa shape index (κ3) is 3.95. The van der Waals surface area contributed by atoms with Gasteiger partial charge in [-0.2, -0.15) is 4.31 Å². The Labute approximate surface area is 154 Å². The van der Waals surface area contributed by atoms with E-state index in [4.69, 9.17) is 21.1 Å². The van der Waals surface area contributed by atoms with Crippen molar-refractivity contribution in [2.24, 2.45) is 0 Å². The molecule has 2 aliphatic heterocycles. The Bertz CT molecular complexity index is 705. The van der Waals surface area contributed by atoms with E-state index in [0.29, 0.717) is 36.0 Å². The molecule has 3 rings (SSSR count). The topological polar surface area (TPSA) is 59.1 Å². The van der Waals surface area contributed by atoms with Crippen molar-refractivity contribution < 1.29 is 17.9 Å². The maximum absolute atomic E-state index is 13.0. The molecule has 0 amide bonds. The Hall–Kier alpha value is -0.860. The van der Waals surface area contributed by atoms with E-state index in [-0.39, 0.29) is 4.90 Å². The van der Waals surface area contributed by atoms with Crippen molar-refractivity contribution >= 4 is 21.6 Å². The second kappa shape index (κ2) is 7.80. The van der Waals surface area contributed by atoms with Crippen LogP contribution in [0.15, 0.2) is 23.1 Å². The van der Waals surface area contributed by atoms with Crippen molar-refractivity contribution in [1.29, 1.82) is 0 Å². The van der Waals surface area contributed by atoms with Crippen molar-refractivity contribution in [2.75, 3.05) is 40.4 Å². The van der Waals surface area contributed by atoms with E-state index in [2.05, 4.69) is 4.90 Å². The number of halogens is 1. The molecule has 1 atom stereocenters. The third-order valence-corrected chi connectivity index (χ3v) is 7.35. The van der Waals surface area contributed by atoms with Gasteiger partial charge in [0.15, 0.2) is 0 Å². The molecule has 6 nitrogen and oxygen atoms in total. The number of hydrogen-bond donors (Lipinski definition) is 0. The lowest BCUT2D eigenvalue weighted by Gasteiger charge is -2.36. The highest BCUT2D eigenvalue weighted by Gasteiger charge is 2.35. The lowest BCUT2D eigenvalue weighted by Crippen LogP contribution is -2.46. The van der Waals surface area contributed by atoms with Crippen LogP contribution in [0.25, 0.3) is 0 Å². The Morgan fingerprint density at radius 1 is 1.12 bits per heavy atom. The molecule has 2 aliphatic rings. The van der Waals surface area contributed by atoms with E-state index >= 15 is 0 Å². The van der Waals surface area contributed by atoms with E-state index in [9.17, 15) is 8.42 Å². The zero-order chi connectivity index (χ0) is 18.0. The SMILES string of the molecule is COc1ccc(Cl)cc1S(=O)(=O)N1CCC(N2CCC(OC)C2)CC1. The number of piperidine rings is 1. The van der Waals surface area contributed by atoms with Crippen LogP contribution in [0.4, 0.5) is 0 Å². The molecule has 2 saturated heterocycles. The molecule has 1 aromatic rings. The highest BCUT2D eigenvalue weighted by atomic mass is 35.5. The quantitative estimate of drug-likeness (QED) is 0.774. The summed E-state index contributed by atoms with van der Waals surface area (Å²) in [5.74, 6) is 0.328. The first-order chi connectivity index (χ1) is 12.0. The highest BCUT2D eigenvalue weighted by molar-refractivity contribution is 7.89. The molecule has 0 bridgehead atoms. The smallest absolute Gasteiger partial charge is 0.246 e. The summed E-state index contributed by atoms with van der Waals surface area (Å²) in [6, 6.07) is 5.11. The van der Waals surface area contributed by atoms with Crippen LogP contribution in [0.5, 0.6) is 5.75 Å². The largest absolute Gasteiger partial charge is 0.495 e. The van der Waals surface area contributed by atoms with Crippen LogP contribution in [-0.4, -0.2) is 70.2 Å². The average Bonchev–Trinajstić information content (AvgIpc) is 3.11. The van der Waals surface area contributed by atoms with Gasteiger partial charge in [-0.05, 0) is 37.5 Å². The fourth-order valence-corrected chi connectivity index (χ4v) is 5.60. The second-order valence-electron chi connectivity index (χ2n) is 6.57. The summed E-state index contributed by atoms with van der Waals surface area (Å²) in [6.45, 7) is 2.99. The van der Waals surface area contributed by atoms with E-state index in [0.717, 1.165) is 32.4 Å². The molecule has 25 heavy (non-hydrogen) atoms. The molecule has 0 radical (unpaired) electrons. The molecule has 0 saturated carbocycles. The summed E-state index contributed by atoms with van der Waals surface area (Å²) in [5.41, 5.74) is 0. The molecule has 0 aliphatic carbocycles. The summed E-state index contributed by atoms with van der Waals surface area (Å²) in [5, 5.41) is 0.386. The monoisotopic (exact) mass is 388 g/mol. The van der Waals surface area contributed by atoms with Gasteiger partial charge in [0.25, 0.3) is 0 Å². The van der Waals surface area contributed by atoms with Gasteiger partial charge in [0.1, 0.15) is 10.6 Å². The minimum Gasteiger partial charge on any atom is -0.495 e. The number of benzene rings is 1. The number of sulfonamides is 1. The van der Waals surface area contributed by atoms with Crippen molar-refractivity contribution in [2.45, 2.75) is 36.3 Å². The fraction of sp³-hybridized carbons (Fsp3) is 0.647. The highest BCUT2D eigenvalue weighted by Crippen LogP contribution is 2.32. The number of likely N-dealkylation sites (tertiary alicyclic amines) is 1. The van der Waals surface area contributed by atoms with Gasteiger partial charge in [-0.1, -0.05) is 11.6 Å². The van der Waals surface area contributed by atoms with Gasteiger partial charge in [0.2, 0.25) is 10.0 Å². The van der Waals surface area contributed by atoms with E-state index < -0.39 is 10.0 Å². The van der Waals surface area contributed by atoms with Gasteiger partial charge in [0.05, 0.1) is 13.2 Å². The number of hydrogen-bond acceptors (Lipinski definition) is 5. The number of rotatable bonds is 5. The molecule has 140 valence electrons. The van der Waals surface area contributed by atoms with Crippen LogP contribution >= 0.6 is 11.6 Å². The van der Waals surface area contributed by atoms with Gasteiger partial charge in [-0.25, -0.2) is 8.42 Å². The predicted molar refractivity (Wildman–Crippen MR) is 96.8 cm³/mol. The zero-order valence-corrected chi connectivity index (χ0v) is 16.2. The summed E-state index contributed by atoms with van der Waals surface area (Å²) in [6.07, 6.45) is 3.02. The van der Waals surface area contributed by atoms with Crippen LogP contribution < -0.4 is 4.74 Å². The van der Waals surface area contributed by atoms with Crippen LogP contribution in [0.1, 0.15) is 19.3 Å². The predicted octanol–water partition coefficient (Wildman–Crippen LogP) is 2.22. The zero-order valence-electron chi connectivity index (χ0n) is 14.7. The summed E-state index contributed by atoms with van der Waals surface area (Å²) >= 11 is 6.00. The molecule has 8 heteroatoms. The van der Waals surface area contributed by atoms with E-state index in [1.807, 2.05) is 0 Å². The van der Waals surface area contributed by atoms with Crippen molar-refractivity contribution in [3.63, 3.8) is 0 Å². The molecule has 0 aromatic heterocycles. The van der Waals surface area contributed by atoms with Gasteiger partial charge in [-0.3, -0.25) is 4.90 Å². The van der Waals surface area contributed by atoms with Crippen LogP contribution in [0, 0.1) is 0 Å². The Morgan fingerprint density at radius 2 is 1.84 bits per heavy atom. The molecule has 2 fully saturated rings. The first kappa shape index (κ1) is 18.9. The maximum Gasteiger partial charge on any atom is 0.246 e. The standard InChI is InChI=1S/C17H25ClN2O4S/c1-23-15-7-8-19(12-15)14-5-9-20(10-6-14)25(21,22)17-11-13(18)3-4-16(17)24-2/h3-4,11,14-15H,5-10,12H2,1-2H3. The van der Waals surface area contributed by atoms with Crippen LogP contribution in [-0.2, 0) is 14.8 Å². The van der Waals surface area contributed by atoms with Crippen molar-refractivity contribution in [3.05, 3.63) is 23.2 Å². The minimum atomic E-state index is -3.61. The van der Waals surface area contributed by atoms with Crippen LogP contribution in [0.3, 0.4) is 0 Å². The Kier molecular flexibility index (Phi) is 5.90. The average molecular weight is 389 g/mol. The first-order valence-corrected chi connectivity index (χ1v) is 10.4. The third-order valence-electron chi connectivity index (χ3n) is 5.19. The minimum absolute atomic E-state index is 0.140. The molecule has 2 heterocycles. The first-order valence-electron chi connectivity index (χ1n) is 8.56. The Balaban J connectivity index is 1.69. The van der Waals surface area contributed by atoms with E-state index in [1.165, 1.54) is 13.2 Å². The molecule has 1 aromatic carbocycles. The second-order valence-corrected chi connectivity index (χ2v) is 8.91. The number of ether oxygens (including phenoxy) is 2. The Morgan fingerprint density at radius 3 is 2.44 bits per heavy atom. The molecule has 1 unspecified atom stereocenters. The normalized spacial score (nSPS) is 23.9. The summed E-state index contributed by atoms with van der Waals surface area (Å²) in [4.78, 5) is 2.57. The fourth-order valence-electron chi connectivity index (χ4n) is 3.72. The van der Waals surface area contributed by atoms with Crippen molar-refractivity contribution in [1.82, 2.24) is 9.21 Å². The van der Waals surface area contributed by atoms with Gasteiger partial charge < -0.3 is 9.47 Å². The molecular formula is C17H25ClN2O4S. The van der Waals surface area contributed by atoms with E-state index in [1.54, 1.807) is 23.5 Å². The summed E-state index contributed by atoms with van der Waals surface area (Å²) in [7, 11) is -0.391. The maximum atomic E-state index is 13.0. The van der Waals surface area contributed by atoms with Gasteiger partial charge in [-0.15, -0.1) is 0 Å². The summed E-state index contributed by atoms with van der Waals surface area (Å²) < 4.78 is 38.2.